The number of alkyl halides is 3. The van der Waals surface area contributed by atoms with E-state index in [0.717, 1.165) is 6.07 Å². The zero-order chi connectivity index (χ0) is 11.9. The fourth-order valence-electron chi connectivity index (χ4n) is 1.48. The predicted octanol–water partition coefficient (Wildman–Crippen LogP) is 2.78. The predicted molar refractivity (Wildman–Crippen MR) is 51.1 cm³/mol. The smallest absolute Gasteiger partial charge is 0.295 e. The lowest BCUT2D eigenvalue weighted by Crippen LogP contribution is -2.07. The number of aromatic amines is 1. The molecule has 0 aliphatic heterocycles. The lowest BCUT2D eigenvalue weighted by Gasteiger charge is -2.08. The van der Waals surface area contributed by atoms with E-state index in [0.29, 0.717) is 0 Å². The van der Waals surface area contributed by atoms with Gasteiger partial charge >= 0.3 is 6.18 Å². The summed E-state index contributed by atoms with van der Waals surface area (Å²) in [6, 6.07) is 2.22. The van der Waals surface area contributed by atoms with Crippen molar-refractivity contribution in [1.82, 2.24) is 10.2 Å². The standard InChI is InChI=1S/C10H7F3N2O/c1-5(16)6-2-7-4-14-15-9(7)8(3-6)10(11,12)13/h2-4H,1H3,(H,14,15). The van der Waals surface area contributed by atoms with Gasteiger partial charge in [-0.2, -0.15) is 18.3 Å². The van der Waals surface area contributed by atoms with Gasteiger partial charge in [-0.1, -0.05) is 0 Å². The van der Waals surface area contributed by atoms with Crippen LogP contribution in [-0.2, 0) is 6.18 Å². The van der Waals surface area contributed by atoms with Gasteiger partial charge in [0, 0.05) is 10.9 Å². The minimum atomic E-state index is -4.50. The van der Waals surface area contributed by atoms with Gasteiger partial charge in [-0.15, -0.1) is 0 Å². The zero-order valence-corrected chi connectivity index (χ0v) is 8.22. The highest BCUT2D eigenvalue weighted by atomic mass is 19.4. The summed E-state index contributed by atoms with van der Waals surface area (Å²) >= 11 is 0. The maximum Gasteiger partial charge on any atom is 0.418 e. The van der Waals surface area contributed by atoms with Gasteiger partial charge in [0.05, 0.1) is 17.3 Å². The molecule has 2 rings (SSSR count). The average molecular weight is 228 g/mol. The summed E-state index contributed by atoms with van der Waals surface area (Å²) < 4.78 is 38.0. The zero-order valence-electron chi connectivity index (χ0n) is 8.22. The number of hydrogen-bond donors (Lipinski definition) is 1. The van der Waals surface area contributed by atoms with Gasteiger partial charge in [-0.3, -0.25) is 9.89 Å². The van der Waals surface area contributed by atoms with E-state index in [9.17, 15) is 18.0 Å². The molecular weight excluding hydrogens is 221 g/mol. The number of fused-ring (bicyclic) bond motifs is 1. The summed E-state index contributed by atoms with van der Waals surface area (Å²) in [5, 5.41) is 6.10. The molecule has 0 radical (unpaired) electrons. The van der Waals surface area contributed by atoms with Crippen LogP contribution in [-0.4, -0.2) is 16.0 Å². The largest absolute Gasteiger partial charge is 0.418 e. The van der Waals surface area contributed by atoms with E-state index < -0.39 is 17.5 Å². The Hall–Kier alpha value is -1.85. The third-order valence-electron chi connectivity index (χ3n) is 2.26. The summed E-state index contributed by atoms with van der Waals surface area (Å²) in [6.45, 7) is 1.22. The minimum Gasteiger partial charge on any atom is -0.295 e. The summed E-state index contributed by atoms with van der Waals surface area (Å²) in [5.41, 5.74) is -0.938. The highest BCUT2D eigenvalue weighted by Gasteiger charge is 2.34. The molecule has 0 spiro atoms. The van der Waals surface area contributed by atoms with Gasteiger partial charge in [0.25, 0.3) is 0 Å². The normalized spacial score (nSPS) is 12.0. The molecule has 0 amide bonds. The first-order valence-corrected chi connectivity index (χ1v) is 4.45. The minimum absolute atomic E-state index is 0.0289. The molecule has 1 N–H and O–H groups in total. The van der Waals surface area contributed by atoms with Gasteiger partial charge in [-0.25, -0.2) is 0 Å². The van der Waals surface area contributed by atoms with Gasteiger partial charge < -0.3 is 0 Å². The molecule has 0 bridgehead atoms. The first kappa shape index (κ1) is 10.7. The first-order valence-electron chi connectivity index (χ1n) is 4.45. The molecule has 6 heteroatoms. The number of nitrogens with one attached hydrogen (secondary N) is 1. The van der Waals surface area contributed by atoms with Crippen molar-refractivity contribution in [3.63, 3.8) is 0 Å². The van der Waals surface area contributed by atoms with Gasteiger partial charge in [-0.05, 0) is 19.1 Å². The molecule has 1 heterocycles. The van der Waals surface area contributed by atoms with E-state index in [1.54, 1.807) is 0 Å². The Morgan fingerprint density at radius 2 is 2.06 bits per heavy atom. The number of nitrogens with zero attached hydrogens (tertiary/aromatic N) is 1. The van der Waals surface area contributed by atoms with E-state index in [1.165, 1.54) is 19.2 Å². The Balaban J connectivity index is 2.79. The number of aromatic nitrogens is 2. The number of H-pyrrole nitrogens is 1. The molecule has 0 atom stereocenters. The molecular formula is C10H7F3N2O. The van der Waals surface area contributed by atoms with Crippen LogP contribution in [0.2, 0.25) is 0 Å². The second kappa shape index (κ2) is 3.33. The van der Waals surface area contributed by atoms with E-state index in [-0.39, 0.29) is 16.5 Å². The van der Waals surface area contributed by atoms with Crippen LogP contribution in [0.1, 0.15) is 22.8 Å². The van der Waals surface area contributed by atoms with Crippen LogP contribution < -0.4 is 0 Å². The van der Waals surface area contributed by atoms with Crippen molar-refractivity contribution in [1.29, 1.82) is 0 Å². The molecule has 0 aliphatic carbocycles. The molecule has 0 saturated carbocycles. The van der Waals surface area contributed by atoms with Crippen molar-refractivity contribution in [3.05, 3.63) is 29.5 Å². The maximum absolute atomic E-state index is 12.7. The number of halogens is 3. The van der Waals surface area contributed by atoms with Gasteiger partial charge in [0.15, 0.2) is 5.78 Å². The van der Waals surface area contributed by atoms with Crippen LogP contribution in [0.25, 0.3) is 10.9 Å². The monoisotopic (exact) mass is 228 g/mol. The van der Waals surface area contributed by atoms with Crippen LogP contribution in [0.4, 0.5) is 13.2 Å². The van der Waals surface area contributed by atoms with Gasteiger partial charge in [0.1, 0.15) is 0 Å². The lowest BCUT2D eigenvalue weighted by atomic mass is 10.0. The summed E-state index contributed by atoms with van der Waals surface area (Å²) in [7, 11) is 0. The number of Topliss-reactive ketones (excluding diaryl/α,β-unsaturated/α-hetero) is 1. The topological polar surface area (TPSA) is 45.8 Å². The Kier molecular flexibility index (Phi) is 2.22. The Labute approximate surface area is 88.3 Å². The molecule has 2 aromatic rings. The molecule has 1 aromatic heterocycles. The molecule has 0 fully saturated rings. The summed E-state index contributed by atoms with van der Waals surface area (Å²) in [4.78, 5) is 11.1. The van der Waals surface area contributed by atoms with Crippen LogP contribution in [0, 0.1) is 0 Å². The van der Waals surface area contributed by atoms with E-state index >= 15 is 0 Å². The summed E-state index contributed by atoms with van der Waals surface area (Å²) in [5.74, 6) is -0.409. The number of carbonyl (C=O) groups excluding carboxylic acids is 1. The average Bonchev–Trinajstić information content (AvgIpc) is 2.61. The van der Waals surface area contributed by atoms with Crippen LogP contribution in [0.15, 0.2) is 18.3 Å². The second-order valence-electron chi connectivity index (χ2n) is 3.41. The number of rotatable bonds is 1. The molecule has 0 unspecified atom stereocenters. The van der Waals surface area contributed by atoms with E-state index in [4.69, 9.17) is 0 Å². The summed E-state index contributed by atoms with van der Waals surface area (Å²) in [6.07, 6.45) is -3.24. The Morgan fingerprint density at radius 1 is 1.38 bits per heavy atom. The number of hydrogen-bond acceptors (Lipinski definition) is 2. The van der Waals surface area contributed by atoms with Crippen molar-refractivity contribution in [3.8, 4) is 0 Å². The molecule has 0 aliphatic rings. The molecule has 1 aromatic carbocycles. The Morgan fingerprint density at radius 3 is 2.62 bits per heavy atom. The highest BCUT2D eigenvalue weighted by molar-refractivity contribution is 5.98. The van der Waals surface area contributed by atoms with Crippen LogP contribution in [0.5, 0.6) is 0 Å². The van der Waals surface area contributed by atoms with E-state index in [1.807, 2.05) is 0 Å². The quantitative estimate of drug-likeness (QED) is 0.763. The van der Waals surface area contributed by atoms with Crippen LogP contribution >= 0.6 is 0 Å². The van der Waals surface area contributed by atoms with E-state index in [2.05, 4.69) is 10.2 Å². The third kappa shape index (κ3) is 1.66. The number of benzene rings is 1. The second-order valence-corrected chi connectivity index (χ2v) is 3.41. The molecule has 84 valence electrons. The number of ketones is 1. The fraction of sp³-hybridized carbons (Fsp3) is 0.200. The fourth-order valence-corrected chi connectivity index (χ4v) is 1.48. The third-order valence-corrected chi connectivity index (χ3v) is 2.26. The molecule has 3 nitrogen and oxygen atoms in total. The van der Waals surface area contributed by atoms with Crippen LogP contribution in [0.3, 0.4) is 0 Å². The van der Waals surface area contributed by atoms with Crippen molar-refractivity contribution in [2.24, 2.45) is 0 Å². The van der Waals surface area contributed by atoms with Gasteiger partial charge in [0.2, 0.25) is 0 Å². The lowest BCUT2D eigenvalue weighted by molar-refractivity contribution is -0.136. The van der Waals surface area contributed by atoms with Crippen molar-refractivity contribution >= 4 is 16.7 Å². The molecule has 16 heavy (non-hydrogen) atoms. The first-order chi connectivity index (χ1) is 7.39. The maximum atomic E-state index is 12.7. The van der Waals surface area contributed by atoms with Crippen molar-refractivity contribution < 1.29 is 18.0 Å². The van der Waals surface area contributed by atoms with Crippen molar-refractivity contribution in [2.75, 3.05) is 0 Å². The Bertz CT molecular complexity index is 557. The number of carbonyl (C=O) groups is 1. The highest BCUT2D eigenvalue weighted by Crippen LogP contribution is 2.34. The van der Waals surface area contributed by atoms with Crippen molar-refractivity contribution in [2.45, 2.75) is 13.1 Å². The molecule has 0 saturated heterocycles. The SMILES string of the molecule is CC(=O)c1cc(C(F)(F)F)c2[nH]ncc2c1.